The van der Waals surface area contributed by atoms with Gasteiger partial charge < -0.3 is 10.1 Å². The summed E-state index contributed by atoms with van der Waals surface area (Å²) in [5.74, 6) is -0.914. The van der Waals surface area contributed by atoms with E-state index < -0.39 is 23.5 Å². The third-order valence-corrected chi connectivity index (χ3v) is 1.65. The number of hydrogen-bond donors (Lipinski definition) is 1. The van der Waals surface area contributed by atoms with Crippen molar-refractivity contribution in [1.29, 1.82) is 0 Å². The summed E-state index contributed by atoms with van der Waals surface area (Å²) in [6, 6.07) is -0.965. The van der Waals surface area contributed by atoms with Crippen LogP contribution in [-0.4, -0.2) is 25.2 Å². The van der Waals surface area contributed by atoms with Crippen LogP contribution >= 0.6 is 0 Å². The largest absolute Gasteiger partial charge is 0.453 e. The van der Waals surface area contributed by atoms with Gasteiger partial charge in [0.15, 0.2) is 0 Å². The van der Waals surface area contributed by atoms with Crippen molar-refractivity contribution in [3.8, 4) is 0 Å². The zero-order valence-electron chi connectivity index (χ0n) is 8.66. The van der Waals surface area contributed by atoms with Crippen LogP contribution < -0.4 is 5.32 Å². The molecule has 14 heavy (non-hydrogen) atoms. The smallest absolute Gasteiger partial charge is 0.407 e. The number of nitroso groups, excluding NO2 is 1. The summed E-state index contributed by atoms with van der Waals surface area (Å²) < 4.78 is 4.32. The molecular weight excluding hydrogens is 188 g/mol. The normalized spacial score (nSPS) is 12.9. The number of hydrogen-bond acceptors (Lipinski definition) is 4. The third kappa shape index (κ3) is 3.51. The number of carbonyl (C=O) groups is 2. The highest BCUT2D eigenvalue weighted by Gasteiger charge is 2.33. The van der Waals surface area contributed by atoms with Crippen molar-refractivity contribution in [2.75, 3.05) is 7.11 Å². The van der Waals surface area contributed by atoms with Gasteiger partial charge in [0.1, 0.15) is 6.04 Å². The Kier molecular flexibility index (Phi) is 4.20. The molecule has 0 saturated heterocycles. The standard InChI is InChI=1S/C8H14N2O4/c1-8(2,3)5(6(11)10-13)9-7(12)14-4/h5H,1-4H3,(H,9,12)/t5-/m1/s1. The van der Waals surface area contributed by atoms with E-state index in [4.69, 9.17) is 0 Å². The lowest BCUT2D eigenvalue weighted by Crippen LogP contribution is -2.48. The Labute approximate surface area is 82.0 Å². The minimum Gasteiger partial charge on any atom is -0.453 e. The molecule has 0 fully saturated rings. The molecule has 6 nitrogen and oxygen atoms in total. The Morgan fingerprint density at radius 1 is 1.36 bits per heavy atom. The average molecular weight is 202 g/mol. The maximum atomic E-state index is 11.1. The highest BCUT2D eigenvalue weighted by molar-refractivity contribution is 5.86. The molecule has 0 aromatic heterocycles. The lowest BCUT2D eigenvalue weighted by atomic mass is 9.86. The topological polar surface area (TPSA) is 84.8 Å². The molecule has 1 atom stereocenters. The van der Waals surface area contributed by atoms with Crippen molar-refractivity contribution in [3.05, 3.63) is 4.91 Å². The minimum atomic E-state index is -0.965. The average Bonchev–Trinajstić information content (AvgIpc) is 2.10. The van der Waals surface area contributed by atoms with E-state index in [0.717, 1.165) is 0 Å². The van der Waals surface area contributed by atoms with Crippen molar-refractivity contribution in [1.82, 2.24) is 5.32 Å². The van der Waals surface area contributed by atoms with E-state index in [2.05, 4.69) is 15.2 Å². The number of carbonyl (C=O) groups excluding carboxylic acids is 2. The first kappa shape index (κ1) is 12.5. The van der Waals surface area contributed by atoms with Crippen LogP contribution in [0.15, 0.2) is 5.18 Å². The van der Waals surface area contributed by atoms with Gasteiger partial charge in [-0.1, -0.05) is 20.8 Å². The summed E-state index contributed by atoms with van der Waals surface area (Å²) in [7, 11) is 1.17. The number of alkyl carbamates (subject to hydrolysis) is 1. The van der Waals surface area contributed by atoms with E-state index in [1.807, 2.05) is 0 Å². The molecule has 80 valence electrons. The summed E-state index contributed by atoms with van der Waals surface area (Å²) in [4.78, 5) is 32.0. The summed E-state index contributed by atoms with van der Waals surface area (Å²) in [6.45, 7) is 5.12. The van der Waals surface area contributed by atoms with Gasteiger partial charge in [-0.2, -0.15) is 0 Å². The van der Waals surface area contributed by atoms with Crippen molar-refractivity contribution < 1.29 is 14.3 Å². The number of methoxy groups -OCH3 is 1. The molecule has 0 rings (SSSR count). The van der Waals surface area contributed by atoms with Gasteiger partial charge in [0.05, 0.1) is 7.11 Å². The van der Waals surface area contributed by atoms with E-state index in [0.29, 0.717) is 0 Å². The Hall–Kier alpha value is -1.46. The molecule has 6 heteroatoms. The second-order valence-corrected chi connectivity index (χ2v) is 3.86. The van der Waals surface area contributed by atoms with E-state index >= 15 is 0 Å². The monoisotopic (exact) mass is 202 g/mol. The van der Waals surface area contributed by atoms with Crippen LogP contribution in [0.5, 0.6) is 0 Å². The molecule has 0 aliphatic heterocycles. The first-order valence-corrected chi connectivity index (χ1v) is 4.04. The summed E-state index contributed by atoms with van der Waals surface area (Å²) in [6.07, 6.45) is -0.762. The number of rotatable bonds is 2. The quantitative estimate of drug-likeness (QED) is 0.678. The van der Waals surface area contributed by atoms with E-state index in [1.165, 1.54) is 7.11 Å². The van der Waals surface area contributed by atoms with Gasteiger partial charge in [-0.05, 0) is 5.41 Å². The molecule has 0 aliphatic rings. The summed E-state index contributed by atoms with van der Waals surface area (Å²) in [5, 5.41) is 4.54. The highest BCUT2D eigenvalue weighted by atomic mass is 16.5. The zero-order chi connectivity index (χ0) is 11.4. The van der Waals surface area contributed by atoms with Gasteiger partial charge >= 0.3 is 12.0 Å². The van der Waals surface area contributed by atoms with Crippen LogP contribution in [0, 0.1) is 10.3 Å². The SMILES string of the molecule is COC(=O)N[C@H](C(=O)N=O)C(C)(C)C. The van der Waals surface area contributed by atoms with Crippen LogP contribution in [0.2, 0.25) is 0 Å². The van der Waals surface area contributed by atoms with Crippen molar-refractivity contribution in [3.63, 3.8) is 0 Å². The van der Waals surface area contributed by atoms with Crippen LogP contribution in [0.3, 0.4) is 0 Å². The molecule has 0 saturated carbocycles. The molecule has 0 bridgehead atoms. The Morgan fingerprint density at radius 2 is 1.86 bits per heavy atom. The molecule has 1 N–H and O–H groups in total. The molecule has 2 amide bonds. The summed E-state index contributed by atoms with van der Waals surface area (Å²) in [5.41, 5.74) is -0.584. The predicted molar refractivity (Wildman–Crippen MR) is 49.6 cm³/mol. The van der Waals surface area contributed by atoms with E-state index in [-0.39, 0.29) is 0 Å². The second kappa shape index (κ2) is 4.69. The summed E-state index contributed by atoms with van der Waals surface area (Å²) >= 11 is 0. The van der Waals surface area contributed by atoms with Crippen molar-refractivity contribution in [2.45, 2.75) is 26.8 Å². The van der Waals surface area contributed by atoms with Crippen LogP contribution in [-0.2, 0) is 9.53 Å². The Morgan fingerprint density at radius 3 is 2.14 bits per heavy atom. The predicted octanol–water partition coefficient (Wildman–Crippen LogP) is 1.05. The first-order chi connectivity index (χ1) is 6.32. The Bertz CT molecular complexity index is 244. The molecule has 0 unspecified atom stereocenters. The van der Waals surface area contributed by atoms with Gasteiger partial charge in [0.2, 0.25) is 0 Å². The third-order valence-electron chi connectivity index (χ3n) is 1.65. The van der Waals surface area contributed by atoms with Crippen LogP contribution in [0.25, 0.3) is 0 Å². The van der Waals surface area contributed by atoms with E-state index in [9.17, 15) is 14.5 Å². The van der Waals surface area contributed by atoms with Gasteiger partial charge in [0.25, 0.3) is 0 Å². The van der Waals surface area contributed by atoms with Crippen LogP contribution in [0.4, 0.5) is 4.79 Å². The first-order valence-electron chi connectivity index (χ1n) is 4.04. The fourth-order valence-corrected chi connectivity index (χ4v) is 0.878. The van der Waals surface area contributed by atoms with Crippen LogP contribution in [0.1, 0.15) is 20.8 Å². The number of nitrogens with one attached hydrogen (secondary N) is 1. The molecule has 0 spiro atoms. The maximum Gasteiger partial charge on any atom is 0.407 e. The number of ether oxygens (including phenoxy) is 1. The number of amides is 2. The van der Waals surface area contributed by atoms with Gasteiger partial charge in [0, 0.05) is 5.18 Å². The maximum absolute atomic E-state index is 11.1. The van der Waals surface area contributed by atoms with Gasteiger partial charge in [-0.25, -0.2) is 4.79 Å². The van der Waals surface area contributed by atoms with E-state index in [1.54, 1.807) is 20.8 Å². The van der Waals surface area contributed by atoms with Gasteiger partial charge in [-0.15, -0.1) is 4.91 Å². The van der Waals surface area contributed by atoms with Crippen molar-refractivity contribution >= 4 is 12.0 Å². The molecule has 0 aliphatic carbocycles. The van der Waals surface area contributed by atoms with Crippen molar-refractivity contribution in [2.24, 2.45) is 10.6 Å². The lowest BCUT2D eigenvalue weighted by Gasteiger charge is -2.26. The van der Waals surface area contributed by atoms with Gasteiger partial charge in [-0.3, -0.25) is 4.79 Å². The highest BCUT2D eigenvalue weighted by Crippen LogP contribution is 2.20. The lowest BCUT2D eigenvalue weighted by molar-refractivity contribution is -0.122. The Balaban J connectivity index is 4.66. The fraction of sp³-hybridized carbons (Fsp3) is 0.750. The molecule has 0 heterocycles. The molecule has 0 radical (unpaired) electrons. The molecule has 0 aromatic rings. The minimum absolute atomic E-state index is 0.584. The fourth-order valence-electron chi connectivity index (χ4n) is 0.878. The number of nitrogens with zero attached hydrogens (tertiary/aromatic N) is 1. The zero-order valence-corrected chi connectivity index (χ0v) is 8.66. The second-order valence-electron chi connectivity index (χ2n) is 3.86. The molecule has 0 aromatic carbocycles. The molecular formula is C8H14N2O4.